The Balaban J connectivity index is 1.48. The zero-order valence-corrected chi connectivity index (χ0v) is 15.7. The number of nitrogens with zero attached hydrogens (tertiary/aromatic N) is 3. The van der Waals surface area contributed by atoms with E-state index in [1.165, 1.54) is 22.5 Å². The van der Waals surface area contributed by atoms with Crippen molar-refractivity contribution in [2.24, 2.45) is 5.92 Å². The average molecular weight is 378 g/mol. The van der Waals surface area contributed by atoms with E-state index < -0.39 is 0 Å². The summed E-state index contributed by atoms with van der Waals surface area (Å²) in [6.07, 6.45) is 4.36. The molecule has 0 aliphatic heterocycles. The normalized spacial score (nSPS) is 15.8. The van der Waals surface area contributed by atoms with E-state index in [9.17, 15) is 10.1 Å². The summed E-state index contributed by atoms with van der Waals surface area (Å²) in [6.45, 7) is 2.04. The van der Waals surface area contributed by atoms with Gasteiger partial charge in [-0.2, -0.15) is 5.26 Å². The van der Waals surface area contributed by atoms with Crippen LogP contribution >= 0.6 is 11.3 Å². The number of anilines is 1. The molecule has 0 bridgehead atoms. The quantitative estimate of drug-likeness (QED) is 0.748. The van der Waals surface area contributed by atoms with Gasteiger partial charge in [0.25, 0.3) is 5.91 Å². The smallest absolute Gasteiger partial charge is 0.263 e. The van der Waals surface area contributed by atoms with E-state index in [4.69, 9.17) is 4.74 Å². The highest BCUT2D eigenvalue weighted by molar-refractivity contribution is 7.16. The van der Waals surface area contributed by atoms with Gasteiger partial charge in [0.15, 0.2) is 6.61 Å². The molecule has 27 heavy (non-hydrogen) atoms. The number of fused-ring (bicyclic) bond motifs is 2. The number of aromatic nitrogens is 2. The minimum atomic E-state index is -0.305. The third kappa shape index (κ3) is 3.49. The number of carbonyl (C=O) groups is 1. The van der Waals surface area contributed by atoms with Crippen molar-refractivity contribution in [3.63, 3.8) is 0 Å². The fourth-order valence-corrected chi connectivity index (χ4v) is 4.73. The molecule has 2 aromatic heterocycles. The summed E-state index contributed by atoms with van der Waals surface area (Å²) >= 11 is 1.51. The van der Waals surface area contributed by atoms with Crippen molar-refractivity contribution in [1.82, 2.24) is 9.97 Å². The van der Waals surface area contributed by atoms with Crippen LogP contribution in [0.2, 0.25) is 0 Å². The zero-order chi connectivity index (χ0) is 18.8. The first kappa shape index (κ1) is 17.4. The van der Waals surface area contributed by atoms with Crippen molar-refractivity contribution in [2.75, 3.05) is 11.9 Å². The van der Waals surface area contributed by atoms with Crippen LogP contribution in [0.25, 0.3) is 10.9 Å². The van der Waals surface area contributed by atoms with Crippen LogP contribution in [-0.4, -0.2) is 22.5 Å². The molecule has 4 rings (SSSR count). The number of nitriles is 1. The van der Waals surface area contributed by atoms with Gasteiger partial charge in [0.05, 0.1) is 16.5 Å². The number of hydrogen-bond acceptors (Lipinski definition) is 6. The van der Waals surface area contributed by atoms with Crippen molar-refractivity contribution in [2.45, 2.75) is 26.2 Å². The van der Waals surface area contributed by atoms with E-state index in [0.29, 0.717) is 22.4 Å². The number of amides is 1. The molecule has 1 aliphatic carbocycles. The molecular formula is C20H18N4O2S. The maximum absolute atomic E-state index is 12.4. The van der Waals surface area contributed by atoms with E-state index in [-0.39, 0.29) is 12.5 Å². The molecule has 6 nitrogen and oxygen atoms in total. The van der Waals surface area contributed by atoms with Crippen molar-refractivity contribution < 1.29 is 9.53 Å². The molecule has 1 aromatic carbocycles. The highest BCUT2D eigenvalue weighted by atomic mass is 32.1. The first-order chi connectivity index (χ1) is 13.2. The van der Waals surface area contributed by atoms with Crippen molar-refractivity contribution in [3.8, 4) is 11.9 Å². The van der Waals surface area contributed by atoms with Gasteiger partial charge in [0, 0.05) is 4.88 Å². The molecule has 1 unspecified atom stereocenters. The molecule has 1 atom stereocenters. The molecule has 1 amide bonds. The molecule has 7 heteroatoms. The van der Waals surface area contributed by atoms with Crippen molar-refractivity contribution >= 4 is 33.1 Å². The second-order valence-electron chi connectivity index (χ2n) is 6.70. The van der Waals surface area contributed by atoms with Crippen LogP contribution in [0.3, 0.4) is 0 Å². The minimum absolute atomic E-state index is 0.176. The second kappa shape index (κ2) is 7.33. The summed E-state index contributed by atoms with van der Waals surface area (Å²) in [5, 5.41) is 13.7. The summed E-state index contributed by atoms with van der Waals surface area (Å²) in [6, 6.07) is 9.72. The highest BCUT2D eigenvalue weighted by Gasteiger charge is 2.24. The van der Waals surface area contributed by atoms with E-state index >= 15 is 0 Å². The number of hydrogen-bond donors (Lipinski definition) is 1. The van der Waals surface area contributed by atoms with Gasteiger partial charge in [0.1, 0.15) is 17.4 Å². The molecule has 0 fully saturated rings. The minimum Gasteiger partial charge on any atom is -0.467 e. The SMILES string of the molecule is CC1CCc2c(sc(NC(=O)COc3ncnc4ccccc34)c2C#N)C1. The fraction of sp³-hybridized carbons (Fsp3) is 0.300. The van der Waals surface area contributed by atoms with Gasteiger partial charge in [-0.05, 0) is 42.9 Å². The summed E-state index contributed by atoms with van der Waals surface area (Å²) in [5.41, 5.74) is 2.45. The monoisotopic (exact) mass is 378 g/mol. The Morgan fingerprint density at radius 2 is 2.26 bits per heavy atom. The summed E-state index contributed by atoms with van der Waals surface area (Å²) in [5.74, 6) is 0.678. The number of rotatable bonds is 4. The van der Waals surface area contributed by atoms with Gasteiger partial charge in [-0.25, -0.2) is 9.97 Å². The lowest BCUT2D eigenvalue weighted by atomic mass is 9.89. The van der Waals surface area contributed by atoms with Crippen LogP contribution in [0.15, 0.2) is 30.6 Å². The number of benzene rings is 1. The molecule has 0 saturated carbocycles. The Bertz CT molecular complexity index is 1050. The maximum atomic E-state index is 12.4. The van der Waals surface area contributed by atoms with Gasteiger partial charge in [-0.3, -0.25) is 4.79 Å². The zero-order valence-electron chi connectivity index (χ0n) is 14.9. The van der Waals surface area contributed by atoms with Crippen LogP contribution in [-0.2, 0) is 17.6 Å². The van der Waals surface area contributed by atoms with Crippen LogP contribution in [0.1, 0.15) is 29.3 Å². The summed E-state index contributed by atoms with van der Waals surface area (Å²) in [4.78, 5) is 21.9. The molecular weight excluding hydrogens is 360 g/mol. The molecule has 2 heterocycles. The van der Waals surface area contributed by atoms with Gasteiger partial charge in [0.2, 0.25) is 5.88 Å². The van der Waals surface area contributed by atoms with Gasteiger partial charge >= 0.3 is 0 Å². The average Bonchev–Trinajstić information content (AvgIpc) is 3.02. The molecule has 3 aromatic rings. The van der Waals surface area contributed by atoms with Gasteiger partial charge < -0.3 is 10.1 Å². The summed E-state index contributed by atoms with van der Waals surface area (Å²) < 4.78 is 5.60. The Morgan fingerprint density at radius 3 is 3.11 bits per heavy atom. The van der Waals surface area contributed by atoms with E-state index in [1.807, 2.05) is 24.3 Å². The number of ether oxygens (including phenoxy) is 1. The standard InChI is InChI=1S/C20H18N4O2S/c1-12-6-7-13-15(9-21)20(27-17(13)8-12)24-18(25)10-26-19-14-4-2-3-5-16(14)22-11-23-19/h2-5,11-12H,6-8,10H2,1H3,(H,24,25). The highest BCUT2D eigenvalue weighted by Crippen LogP contribution is 2.39. The Hall–Kier alpha value is -2.98. The van der Waals surface area contributed by atoms with Crippen molar-refractivity contribution in [1.29, 1.82) is 5.26 Å². The number of thiophene rings is 1. The first-order valence-electron chi connectivity index (χ1n) is 8.82. The van der Waals surface area contributed by atoms with E-state index in [0.717, 1.165) is 35.7 Å². The lowest BCUT2D eigenvalue weighted by Gasteiger charge is -2.17. The molecule has 136 valence electrons. The third-order valence-electron chi connectivity index (χ3n) is 4.72. The Labute approximate surface area is 160 Å². The van der Waals surface area contributed by atoms with Crippen LogP contribution in [0.4, 0.5) is 5.00 Å². The first-order valence-corrected chi connectivity index (χ1v) is 9.64. The van der Waals surface area contributed by atoms with Crippen LogP contribution in [0, 0.1) is 17.2 Å². The fourth-order valence-electron chi connectivity index (χ4n) is 3.35. The molecule has 0 spiro atoms. The molecule has 1 N–H and O–H groups in total. The van der Waals surface area contributed by atoms with Crippen LogP contribution in [0.5, 0.6) is 5.88 Å². The topological polar surface area (TPSA) is 87.9 Å². The predicted molar refractivity (Wildman–Crippen MR) is 104 cm³/mol. The lowest BCUT2D eigenvalue weighted by Crippen LogP contribution is -2.20. The predicted octanol–water partition coefficient (Wildman–Crippen LogP) is 3.71. The second-order valence-corrected chi connectivity index (χ2v) is 7.81. The van der Waals surface area contributed by atoms with E-state index in [1.54, 1.807) is 0 Å². The largest absolute Gasteiger partial charge is 0.467 e. The van der Waals surface area contributed by atoms with Gasteiger partial charge in [-0.1, -0.05) is 19.1 Å². The number of carbonyl (C=O) groups excluding carboxylic acids is 1. The van der Waals surface area contributed by atoms with E-state index in [2.05, 4.69) is 28.3 Å². The van der Waals surface area contributed by atoms with Crippen molar-refractivity contribution in [3.05, 3.63) is 46.6 Å². The number of para-hydroxylation sites is 1. The lowest BCUT2D eigenvalue weighted by molar-refractivity contribution is -0.118. The molecule has 1 aliphatic rings. The summed E-state index contributed by atoms with van der Waals surface area (Å²) in [7, 11) is 0. The molecule has 0 radical (unpaired) electrons. The van der Waals surface area contributed by atoms with Crippen LogP contribution < -0.4 is 10.1 Å². The maximum Gasteiger partial charge on any atom is 0.263 e. The number of nitrogens with one attached hydrogen (secondary N) is 1. The Morgan fingerprint density at radius 1 is 1.41 bits per heavy atom. The van der Waals surface area contributed by atoms with Gasteiger partial charge in [-0.15, -0.1) is 11.3 Å². The Kier molecular flexibility index (Phi) is 4.73. The molecule has 0 saturated heterocycles. The third-order valence-corrected chi connectivity index (χ3v) is 5.89.